The molecule has 0 bridgehead atoms. The van der Waals surface area contributed by atoms with Gasteiger partial charge in [0, 0.05) is 19.1 Å². The van der Waals surface area contributed by atoms with Crippen LogP contribution in [0.15, 0.2) is 0 Å². The molecule has 17 heavy (non-hydrogen) atoms. The molecule has 1 unspecified atom stereocenters. The van der Waals surface area contributed by atoms with Gasteiger partial charge in [0.05, 0.1) is 0 Å². The van der Waals surface area contributed by atoms with E-state index in [2.05, 4.69) is 65.9 Å². The van der Waals surface area contributed by atoms with Crippen LogP contribution >= 0.6 is 0 Å². The zero-order valence-corrected chi connectivity index (χ0v) is 13.4. The van der Waals surface area contributed by atoms with E-state index in [1.807, 2.05) is 0 Å². The van der Waals surface area contributed by atoms with Crippen molar-refractivity contribution in [3.63, 3.8) is 0 Å². The first-order valence-electron chi connectivity index (χ1n) is 7.07. The lowest BCUT2D eigenvalue weighted by Gasteiger charge is -2.42. The van der Waals surface area contributed by atoms with Gasteiger partial charge in [-0.1, -0.05) is 34.6 Å². The van der Waals surface area contributed by atoms with E-state index in [4.69, 9.17) is 0 Å². The van der Waals surface area contributed by atoms with Crippen LogP contribution in [-0.2, 0) is 0 Å². The summed E-state index contributed by atoms with van der Waals surface area (Å²) in [7, 11) is 4.33. The highest BCUT2D eigenvalue weighted by Crippen LogP contribution is 2.30. The highest BCUT2D eigenvalue weighted by molar-refractivity contribution is 4.86. The average molecular weight is 242 g/mol. The first-order chi connectivity index (χ1) is 7.72. The quantitative estimate of drug-likeness (QED) is 0.736. The standard InChI is InChI=1S/C15H34N2/c1-9-15(10-2,11-16-7)12-17(8)13(3)14(4,5)6/h13,16H,9-12H2,1-8H3. The van der Waals surface area contributed by atoms with E-state index in [1.54, 1.807) is 0 Å². The van der Waals surface area contributed by atoms with Crippen LogP contribution in [0.1, 0.15) is 54.4 Å². The second-order valence-electron chi connectivity index (χ2n) is 6.69. The summed E-state index contributed by atoms with van der Waals surface area (Å²) < 4.78 is 0. The molecule has 0 aromatic heterocycles. The molecule has 0 heterocycles. The number of rotatable bonds is 7. The molecule has 1 atom stereocenters. The molecule has 0 aliphatic rings. The summed E-state index contributed by atoms with van der Waals surface area (Å²) in [6.07, 6.45) is 2.48. The van der Waals surface area contributed by atoms with E-state index in [0.717, 1.165) is 6.54 Å². The maximum absolute atomic E-state index is 3.37. The summed E-state index contributed by atoms with van der Waals surface area (Å²) in [6.45, 7) is 16.2. The van der Waals surface area contributed by atoms with Crippen molar-refractivity contribution in [1.29, 1.82) is 0 Å². The Morgan fingerprint density at radius 3 is 1.88 bits per heavy atom. The van der Waals surface area contributed by atoms with Gasteiger partial charge in [0.1, 0.15) is 0 Å². The van der Waals surface area contributed by atoms with E-state index in [-0.39, 0.29) is 0 Å². The molecule has 104 valence electrons. The Labute approximate surface area is 109 Å². The minimum Gasteiger partial charge on any atom is -0.319 e. The zero-order chi connectivity index (χ0) is 13.7. The molecule has 0 rings (SSSR count). The normalized spacial score (nSPS) is 15.4. The van der Waals surface area contributed by atoms with E-state index < -0.39 is 0 Å². The van der Waals surface area contributed by atoms with Crippen molar-refractivity contribution in [2.75, 3.05) is 27.2 Å². The molecular weight excluding hydrogens is 208 g/mol. The fraction of sp³-hybridized carbons (Fsp3) is 1.00. The molecule has 0 aromatic carbocycles. The molecular formula is C15H34N2. The highest BCUT2D eigenvalue weighted by Gasteiger charge is 2.31. The van der Waals surface area contributed by atoms with Crippen molar-refractivity contribution in [2.24, 2.45) is 10.8 Å². The summed E-state index contributed by atoms with van der Waals surface area (Å²) in [5.41, 5.74) is 0.768. The predicted molar refractivity (Wildman–Crippen MR) is 78.5 cm³/mol. The third kappa shape index (κ3) is 4.97. The maximum atomic E-state index is 3.37. The van der Waals surface area contributed by atoms with Crippen molar-refractivity contribution >= 4 is 0 Å². The fourth-order valence-electron chi connectivity index (χ4n) is 2.48. The second kappa shape index (κ2) is 6.75. The monoisotopic (exact) mass is 242 g/mol. The second-order valence-corrected chi connectivity index (χ2v) is 6.69. The van der Waals surface area contributed by atoms with Gasteiger partial charge in [-0.15, -0.1) is 0 Å². The number of nitrogens with one attached hydrogen (secondary N) is 1. The molecule has 0 aliphatic carbocycles. The fourth-order valence-corrected chi connectivity index (χ4v) is 2.48. The Morgan fingerprint density at radius 2 is 1.59 bits per heavy atom. The van der Waals surface area contributed by atoms with Gasteiger partial charge in [-0.25, -0.2) is 0 Å². The first kappa shape index (κ1) is 16.9. The molecule has 1 N–H and O–H groups in total. The number of hydrogen-bond acceptors (Lipinski definition) is 2. The molecule has 0 aromatic rings. The predicted octanol–water partition coefficient (Wildman–Crippen LogP) is 3.38. The van der Waals surface area contributed by atoms with Gasteiger partial charge < -0.3 is 10.2 Å². The summed E-state index contributed by atoms with van der Waals surface area (Å²) >= 11 is 0. The average Bonchev–Trinajstić information content (AvgIpc) is 2.26. The van der Waals surface area contributed by atoms with Gasteiger partial charge in [-0.3, -0.25) is 0 Å². The van der Waals surface area contributed by atoms with E-state index in [9.17, 15) is 0 Å². The number of hydrogen-bond donors (Lipinski definition) is 1. The molecule has 0 fully saturated rings. The summed E-state index contributed by atoms with van der Waals surface area (Å²) in [6, 6.07) is 0.608. The highest BCUT2D eigenvalue weighted by atomic mass is 15.1. The van der Waals surface area contributed by atoms with Crippen molar-refractivity contribution in [3.05, 3.63) is 0 Å². The minimum absolute atomic E-state index is 0.349. The zero-order valence-electron chi connectivity index (χ0n) is 13.4. The Morgan fingerprint density at radius 1 is 1.12 bits per heavy atom. The van der Waals surface area contributed by atoms with E-state index >= 15 is 0 Å². The van der Waals surface area contributed by atoms with Crippen LogP contribution < -0.4 is 5.32 Å². The molecule has 0 saturated heterocycles. The maximum Gasteiger partial charge on any atom is 0.0113 e. The first-order valence-corrected chi connectivity index (χ1v) is 7.07. The molecule has 2 nitrogen and oxygen atoms in total. The summed E-state index contributed by atoms with van der Waals surface area (Å²) in [4.78, 5) is 2.53. The van der Waals surface area contributed by atoms with Crippen LogP contribution in [0.3, 0.4) is 0 Å². The minimum atomic E-state index is 0.349. The lowest BCUT2D eigenvalue weighted by molar-refractivity contribution is 0.0784. The molecule has 0 saturated carbocycles. The van der Waals surface area contributed by atoms with Gasteiger partial charge in [0.15, 0.2) is 0 Å². The SMILES string of the molecule is CCC(CC)(CNC)CN(C)C(C)C(C)(C)C. The summed E-state index contributed by atoms with van der Waals surface area (Å²) in [5.74, 6) is 0. The third-order valence-corrected chi connectivity index (χ3v) is 4.55. The van der Waals surface area contributed by atoms with Crippen LogP contribution in [0.25, 0.3) is 0 Å². The summed E-state index contributed by atoms with van der Waals surface area (Å²) in [5, 5.41) is 3.37. The van der Waals surface area contributed by atoms with Gasteiger partial charge in [0.2, 0.25) is 0 Å². The lowest BCUT2D eigenvalue weighted by atomic mass is 9.80. The molecule has 0 amide bonds. The van der Waals surface area contributed by atoms with Crippen LogP contribution in [-0.4, -0.2) is 38.1 Å². The van der Waals surface area contributed by atoms with Crippen molar-refractivity contribution in [3.8, 4) is 0 Å². The Balaban J connectivity index is 4.66. The van der Waals surface area contributed by atoms with Crippen molar-refractivity contribution < 1.29 is 0 Å². The molecule has 0 radical (unpaired) electrons. The Bertz CT molecular complexity index is 201. The van der Waals surface area contributed by atoms with Crippen LogP contribution in [0, 0.1) is 10.8 Å². The molecule has 2 heteroatoms. The van der Waals surface area contributed by atoms with Crippen LogP contribution in [0.5, 0.6) is 0 Å². The number of nitrogens with zero attached hydrogens (tertiary/aromatic N) is 1. The van der Waals surface area contributed by atoms with Crippen molar-refractivity contribution in [2.45, 2.75) is 60.4 Å². The van der Waals surface area contributed by atoms with E-state index in [1.165, 1.54) is 19.4 Å². The lowest BCUT2D eigenvalue weighted by Crippen LogP contribution is -2.47. The van der Waals surface area contributed by atoms with Gasteiger partial charge in [0.25, 0.3) is 0 Å². The van der Waals surface area contributed by atoms with Crippen molar-refractivity contribution in [1.82, 2.24) is 10.2 Å². The van der Waals surface area contributed by atoms with Crippen LogP contribution in [0.4, 0.5) is 0 Å². The molecule has 0 spiro atoms. The van der Waals surface area contributed by atoms with E-state index in [0.29, 0.717) is 16.9 Å². The largest absolute Gasteiger partial charge is 0.319 e. The molecule has 0 aliphatic heterocycles. The topological polar surface area (TPSA) is 15.3 Å². The van der Waals surface area contributed by atoms with Crippen LogP contribution in [0.2, 0.25) is 0 Å². The van der Waals surface area contributed by atoms with Gasteiger partial charge in [-0.05, 0) is 44.7 Å². The smallest absolute Gasteiger partial charge is 0.0113 e. The Kier molecular flexibility index (Phi) is 6.71. The van der Waals surface area contributed by atoms with Gasteiger partial charge in [-0.2, -0.15) is 0 Å². The van der Waals surface area contributed by atoms with Gasteiger partial charge >= 0.3 is 0 Å². The third-order valence-electron chi connectivity index (χ3n) is 4.55. The Hall–Kier alpha value is -0.0800.